The maximum atomic E-state index is 11.0. The topological polar surface area (TPSA) is 62.7 Å². The lowest BCUT2D eigenvalue weighted by atomic mass is 10.2. The Morgan fingerprint density at radius 1 is 1.61 bits per heavy atom. The molecule has 0 spiro atoms. The highest BCUT2D eigenvalue weighted by Crippen LogP contribution is 2.29. The number of aromatic carboxylic acids is 1. The van der Waals surface area contributed by atoms with Gasteiger partial charge in [-0.15, -0.1) is 11.3 Å². The molecule has 0 aliphatic carbocycles. The summed E-state index contributed by atoms with van der Waals surface area (Å²) < 4.78 is 5.71. The fourth-order valence-corrected chi connectivity index (χ4v) is 2.99. The van der Waals surface area contributed by atoms with E-state index < -0.39 is 5.97 Å². The molecule has 0 radical (unpaired) electrons. The average Bonchev–Trinajstić information content (AvgIpc) is 2.71. The number of aryl methyl sites for hydroxylation is 1. The van der Waals surface area contributed by atoms with Crippen molar-refractivity contribution in [1.29, 1.82) is 0 Å². The van der Waals surface area contributed by atoms with Gasteiger partial charge in [0.2, 0.25) is 0 Å². The standard InChI is InChI=1S/C12H18N2O3S/c1-7(2)14-4-5-17-9(6-14)11-13-8(3)10(18-11)12(15)16/h7,9H,4-6H2,1-3H3,(H,15,16). The largest absolute Gasteiger partial charge is 0.477 e. The van der Waals surface area contributed by atoms with Crippen molar-refractivity contribution >= 4 is 17.3 Å². The van der Waals surface area contributed by atoms with Crippen LogP contribution in [0.2, 0.25) is 0 Å². The van der Waals surface area contributed by atoms with E-state index >= 15 is 0 Å². The molecule has 1 aliphatic rings. The summed E-state index contributed by atoms with van der Waals surface area (Å²) in [6.07, 6.45) is -0.0991. The Hall–Kier alpha value is -0.980. The molecule has 0 aromatic carbocycles. The Labute approximate surface area is 110 Å². The van der Waals surface area contributed by atoms with E-state index in [0.717, 1.165) is 18.1 Å². The summed E-state index contributed by atoms with van der Waals surface area (Å²) >= 11 is 1.23. The fraction of sp³-hybridized carbons (Fsp3) is 0.667. The van der Waals surface area contributed by atoms with Gasteiger partial charge >= 0.3 is 5.97 Å². The lowest BCUT2D eigenvalue weighted by Crippen LogP contribution is -2.42. The van der Waals surface area contributed by atoms with Gasteiger partial charge in [0.25, 0.3) is 0 Å². The average molecular weight is 270 g/mol. The first kappa shape index (κ1) is 13.5. The summed E-state index contributed by atoms with van der Waals surface area (Å²) in [5.74, 6) is -0.909. The normalized spacial score (nSPS) is 21.4. The highest BCUT2D eigenvalue weighted by Gasteiger charge is 2.27. The zero-order valence-electron chi connectivity index (χ0n) is 10.8. The third-order valence-electron chi connectivity index (χ3n) is 3.11. The lowest BCUT2D eigenvalue weighted by Gasteiger charge is -2.34. The van der Waals surface area contributed by atoms with E-state index in [2.05, 4.69) is 23.7 Å². The van der Waals surface area contributed by atoms with Crippen molar-refractivity contribution in [3.63, 3.8) is 0 Å². The van der Waals surface area contributed by atoms with Crippen molar-refractivity contribution in [2.75, 3.05) is 19.7 Å². The number of carboxylic acids is 1. The zero-order valence-corrected chi connectivity index (χ0v) is 11.7. The van der Waals surface area contributed by atoms with Crippen LogP contribution in [-0.4, -0.2) is 46.7 Å². The van der Waals surface area contributed by atoms with Crippen LogP contribution in [0.3, 0.4) is 0 Å². The summed E-state index contributed by atoms with van der Waals surface area (Å²) in [4.78, 5) is 18.0. The third kappa shape index (κ3) is 2.71. The summed E-state index contributed by atoms with van der Waals surface area (Å²) in [6, 6.07) is 0.469. The summed E-state index contributed by atoms with van der Waals surface area (Å²) in [5.41, 5.74) is 0.577. The lowest BCUT2D eigenvalue weighted by molar-refractivity contribution is -0.0403. The number of carboxylic acid groups (broad SMARTS) is 1. The maximum absolute atomic E-state index is 11.0. The Bertz CT molecular complexity index is 445. The highest BCUT2D eigenvalue weighted by molar-refractivity contribution is 7.13. The smallest absolute Gasteiger partial charge is 0.347 e. The predicted molar refractivity (Wildman–Crippen MR) is 69.2 cm³/mol. The summed E-state index contributed by atoms with van der Waals surface area (Å²) in [7, 11) is 0. The monoisotopic (exact) mass is 270 g/mol. The van der Waals surface area contributed by atoms with E-state index in [-0.39, 0.29) is 6.10 Å². The molecule has 1 atom stereocenters. The minimum Gasteiger partial charge on any atom is -0.477 e. The van der Waals surface area contributed by atoms with Crippen LogP contribution in [0, 0.1) is 6.92 Å². The second-order valence-corrected chi connectivity index (χ2v) is 5.75. The molecule has 1 saturated heterocycles. The van der Waals surface area contributed by atoms with Crippen LogP contribution in [0.15, 0.2) is 0 Å². The molecule has 2 rings (SSSR count). The molecule has 100 valence electrons. The molecular weight excluding hydrogens is 252 g/mol. The van der Waals surface area contributed by atoms with Crippen LogP contribution in [0.25, 0.3) is 0 Å². The quantitative estimate of drug-likeness (QED) is 0.909. The van der Waals surface area contributed by atoms with Crippen molar-refractivity contribution < 1.29 is 14.6 Å². The van der Waals surface area contributed by atoms with Gasteiger partial charge in [0.15, 0.2) is 0 Å². The van der Waals surface area contributed by atoms with Crippen LogP contribution in [-0.2, 0) is 4.74 Å². The van der Waals surface area contributed by atoms with E-state index in [1.165, 1.54) is 11.3 Å². The van der Waals surface area contributed by atoms with E-state index in [4.69, 9.17) is 9.84 Å². The number of hydrogen-bond donors (Lipinski definition) is 1. The molecule has 0 amide bonds. The molecule has 1 aliphatic heterocycles. The molecule has 6 heteroatoms. The molecule has 18 heavy (non-hydrogen) atoms. The van der Waals surface area contributed by atoms with Crippen molar-refractivity contribution in [1.82, 2.24) is 9.88 Å². The Morgan fingerprint density at radius 3 is 2.89 bits per heavy atom. The Morgan fingerprint density at radius 2 is 2.33 bits per heavy atom. The molecule has 1 fully saturated rings. The number of aromatic nitrogens is 1. The number of thiazole rings is 1. The van der Waals surface area contributed by atoms with Crippen LogP contribution in [0.4, 0.5) is 0 Å². The number of nitrogens with zero attached hydrogens (tertiary/aromatic N) is 2. The van der Waals surface area contributed by atoms with Gasteiger partial charge in [-0.1, -0.05) is 0 Å². The third-order valence-corrected chi connectivity index (χ3v) is 4.35. The Kier molecular flexibility index (Phi) is 3.99. The predicted octanol–water partition coefficient (Wildman–Crippen LogP) is 1.93. The van der Waals surface area contributed by atoms with Crippen LogP contribution in [0.5, 0.6) is 0 Å². The Balaban J connectivity index is 2.16. The zero-order chi connectivity index (χ0) is 13.3. The SMILES string of the molecule is Cc1nc(C2CN(C(C)C)CCO2)sc1C(=O)O. The molecule has 1 aromatic heterocycles. The molecule has 0 bridgehead atoms. The van der Waals surface area contributed by atoms with Gasteiger partial charge in [-0.25, -0.2) is 9.78 Å². The first-order valence-corrected chi connectivity index (χ1v) is 6.87. The molecule has 1 aromatic rings. The number of ether oxygens (including phenoxy) is 1. The van der Waals surface area contributed by atoms with Gasteiger partial charge in [-0.3, -0.25) is 4.90 Å². The van der Waals surface area contributed by atoms with Gasteiger partial charge < -0.3 is 9.84 Å². The molecule has 2 heterocycles. The van der Waals surface area contributed by atoms with Crippen molar-refractivity contribution in [3.05, 3.63) is 15.6 Å². The van der Waals surface area contributed by atoms with Crippen molar-refractivity contribution in [2.45, 2.75) is 32.9 Å². The summed E-state index contributed by atoms with van der Waals surface area (Å²) in [5, 5.41) is 9.81. The second-order valence-electron chi connectivity index (χ2n) is 4.72. The van der Waals surface area contributed by atoms with Gasteiger partial charge in [-0.05, 0) is 20.8 Å². The van der Waals surface area contributed by atoms with Crippen LogP contribution in [0.1, 0.15) is 40.3 Å². The maximum Gasteiger partial charge on any atom is 0.347 e. The number of rotatable bonds is 3. The van der Waals surface area contributed by atoms with Crippen LogP contribution >= 0.6 is 11.3 Å². The minimum absolute atomic E-state index is 0.0991. The van der Waals surface area contributed by atoms with Gasteiger partial charge in [0.1, 0.15) is 16.0 Å². The van der Waals surface area contributed by atoms with Crippen molar-refractivity contribution in [2.24, 2.45) is 0 Å². The fourth-order valence-electron chi connectivity index (χ4n) is 2.04. The molecule has 1 unspecified atom stereocenters. The van der Waals surface area contributed by atoms with E-state index in [0.29, 0.717) is 23.2 Å². The van der Waals surface area contributed by atoms with Gasteiger partial charge in [0, 0.05) is 19.1 Å². The van der Waals surface area contributed by atoms with E-state index in [9.17, 15) is 4.79 Å². The molecule has 5 nitrogen and oxygen atoms in total. The number of carbonyl (C=O) groups is 1. The first-order valence-electron chi connectivity index (χ1n) is 6.05. The highest BCUT2D eigenvalue weighted by atomic mass is 32.1. The van der Waals surface area contributed by atoms with Gasteiger partial charge in [-0.2, -0.15) is 0 Å². The first-order chi connectivity index (χ1) is 8.49. The minimum atomic E-state index is -0.909. The van der Waals surface area contributed by atoms with Crippen molar-refractivity contribution in [3.8, 4) is 0 Å². The van der Waals surface area contributed by atoms with Gasteiger partial charge in [0.05, 0.1) is 12.3 Å². The second kappa shape index (κ2) is 5.34. The summed E-state index contributed by atoms with van der Waals surface area (Å²) in [6.45, 7) is 8.40. The number of hydrogen-bond acceptors (Lipinski definition) is 5. The molecule has 0 saturated carbocycles. The van der Waals surface area contributed by atoms with E-state index in [1.807, 2.05) is 0 Å². The van der Waals surface area contributed by atoms with Crippen LogP contribution < -0.4 is 0 Å². The molecular formula is C12H18N2O3S. The number of morpholine rings is 1. The molecule has 1 N–H and O–H groups in total. The van der Waals surface area contributed by atoms with E-state index in [1.54, 1.807) is 6.92 Å².